The van der Waals surface area contributed by atoms with E-state index in [1.165, 1.54) is 12.8 Å². The molecule has 5 heteroatoms. The first-order valence-electron chi connectivity index (χ1n) is 6.02. The number of aromatic nitrogens is 2. The van der Waals surface area contributed by atoms with Gasteiger partial charge in [-0.05, 0) is 19.8 Å². The first-order valence-corrected chi connectivity index (χ1v) is 6.02. The summed E-state index contributed by atoms with van der Waals surface area (Å²) in [5.41, 5.74) is 0.918. The Hall–Kier alpha value is -1.52. The number of carbonyl (C=O) groups is 1. The van der Waals surface area contributed by atoms with Crippen molar-refractivity contribution in [3.05, 3.63) is 11.3 Å². The molecule has 1 aromatic heterocycles. The lowest BCUT2D eigenvalue weighted by atomic mass is 10.2. The maximum absolute atomic E-state index is 11.3. The third kappa shape index (κ3) is 2.01. The highest BCUT2D eigenvalue weighted by Crippen LogP contribution is 2.30. The van der Waals surface area contributed by atoms with Gasteiger partial charge in [-0.3, -0.25) is 4.68 Å². The van der Waals surface area contributed by atoms with Crippen molar-refractivity contribution >= 4 is 11.8 Å². The van der Waals surface area contributed by atoms with Gasteiger partial charge in [-0.2, -0.15) is 5.10 Å². The summed E-state index contributed by atoms with van der Waals surface area (Å²) in [5.74, 6) is -0.169. The van der Waals surface area contributed by atoms with Crippen LogP contribution in [0.2, 0.25) is 0 Å². The topological polar surface area (TPSA) is 58.4 Å². The van der Waals surface area contributed by atoms with Crippen molar-refractivity contribution in [2.24, 2.45) is 7.05 Å². The Morgan fingerprint density at radius 2 is 2.06 bits per heavy atom. The molecular formula is C12H19N3O2. The highest BCUT2D eigenvalue weighted by molar-refractivity contribution is 5.94. The van der Waals surface area contributed by atoms with E-state index in [4.69, 9.17) is 0 Å². The van der Waals surface area contributed by atoms with Crippen LogP contribution in [0, 0.1) is 6.92 Å². The van der Waals surface area contributed by atoms with Crippen molar-refractivity contribution in [3.8, 4) is 0 Å². The van der Waals surface area contributed by atoms with Gasteiger partial charge in [0.05, 0.1) is 5.69 Å². The second-order valence-electron chi connectivity index (χ2n) is 4.76. The average molecular weight is 237 g/mol. The SMILES string of the molecule is Cc1nn(C)c(N(C)C2CCCC2)c1C(=O)O. The van der Waals surface area contributed by atoms with Crippen molar-refractivity contribution in [2.45, 2.75) is 38.6 Å². The number of anilines is 1. The smallest absolute Gasteiger partial charge is 0.341 e. The molecule has 0 aliphatic heterocycles. The fourth-order valence-electron chi connectivity index (χ4n) is 2.77. The molecule has 5 nitrogen and oxygen atoms in total. The lowest BCUT2D eigenvalue weighted by Crippen LogP contribution is -2.31. The largest absolute Gasteiger partial charge is 0.477 e. The fraction of sp³-hybridized carbons (Fsp3) is 0.667. The summed E-state index contributed by atoms with van der Waals surface area (Å²) in [6.45, 7) is 1.75. The predicted octanol–water partition coefficient (Wildman–Crippen LogP) is 1.81. The summed E-state index contributed by atoms with van der Waals surface area (Å²) in [5, 5.41) is 13.5. The molecule has 2 rings (SSSR count). The van der Waals surface area contributed by atoms with Gasteiger partial charge in [-0.1, -0.05) is 12.8 Å². The molecule has 0 saturated heterocycles. The van der Waals surface area contributed by atoms with Crippen LogP contribution in [0.5, 0.6) is 0 Å². The first-order chi connectivity index (χ1) is 8.02. The molecule has 0 atom stereocenters. The number of hydrogen-bond donors (Lipinski definition) is 1. The van der Waals surface area contributed by atoms with E-state index in [0.29, 0.717) is 17.3 Å². The zero-order chi connectivity index (χ0) is 12.6. The van der Waals surface area contributed by atoms with E-state index >= 15 is 0 Å². The van der Waals surface area contributed by atoms with Crippen molar-refractivity contribution in [3.63, 3.8) is 0 Å². The van der Waals surface area contributed by atoms with Crippen LogP contribution in [0.3, 0.4) is 0 Å². The summed E-state index contributed by atoms with van der Waals surface area (Å²) < 4.78 is 1.68. The quantitative estimate of drug-likeness (QED) is 0.871. The van der Waals surface area contributed by atoms with Gasteiger partial charge >= 0.3 is 5.97 Å². The highest BCUT2D eigenvalue weighted by atomic mass is 16.4. The zero-order valence-electron chi connectivity index (χ0n) is 10.6. The number of aromatic carboxylic acids is 1. The molecule has 0 bridgehead atoms. The summed E-state index contributed by atoms with van der Waals surface area (Å²) in [6, 6.07) is 0.447. The van der Waals surface area contributed by atoms with Gasteiger partial charge in [0, 0.05) is 20.1 Å². The standard InChI is InChI=1S/C12H19N3O2/c1-8-10(12(16)17)11(15(3)13-8)14(2)9-6-4-5-7-9/h9H,4-7H2,1-3H3,(H,16,17). The summed E-state index contributed by atoms with van der Waals surface area (Å²) >= 11 is 0. The van der Waals surface area contributed by atoms with Crippen LogP contribution in [0.4, 0.5) is 5.82 Å². The number of carboxylic acids is 1. The van der Waals surface area contributed by atoms with Gasteiger partial charge in [-0.25, -0.2) is 4.79 Å². The summed E-state index contributed by atoms with van der Waals surface area (Å²) in [4.78, 5) is 13.4. The van der Waals surface area contributed by atoms with E-state index in [2.05, 4.69) is 10.00 Å². The molecule has 0 spiro atoms. The van der Waals surface area contributed by atoms with E-state index < -0.39 is 5.97 Å². The van der Waals surface area contributed by atoms with Crippen LogP contribution in [0.25, 0.3) is 0 Å². The minimum atomic E-state index is -0.893. The van der Waals surface area contributed by atoms with Gasteiger partial charge < -0.3 is 10.0 Å². The Kier molecular flexibility index (Phi) is 3.09. The van der Waals surface area contributed by atoms with Crippen molar-refractivity contribution in [1.82, 2.24) is 9.78 Å². The Balaban J connectivity index is 2.39. The molecule has 94 valence electrons. The van der Waals surface area contributed by atoms with Crippen LogP contribution >= 0.6 is 0 Å². The highest BCUT2D eigenvalue weighted by Gasteiger charge is 2.28. The Morgan fingerprint density at radius 1 is 1.47 bits per heavy atom. The second kappa shape index (κ2) is 4.39. The normalized spacial score (nSPS) is 16.4. The Morgan fingerprint density at radius 3 is 2.59 bits per heavy atom. The monoisotopic (exact) mass is 237 g/mol. The molecule has 0 aromatic carbocycles. The third-order valence-electron chi connectivity index (χ3n) is 3.61. The molecule has 1 heterocycles. The number of rotatable bonds is 3. The summed E-state index contributed by atoms with van der Waals surface area (Å²) in [6.07, 6.45) is 4.74. The molecule has 1 aliphatic carbocycles. The molecule has 0 unspecified atom stereocenters. The number of aryl methyl sites for hydroxylation is 2. The van der Waals surface area contributed by atoms with Crippen molar-refractivity contribution < 1.29 is 9.90 Å². The lowest BCUT2D eigenvalue weighted by molar-refractivity contribution is 0.0696. The van der Waals surface area contributed by atoms with Gasteiger partial charge in [0.15, 0.2) is 0 Å². The third-order valence-corrected chi connectivity index (χ3v) is 3.61. The van der Waals surface area contributed by atoms with E-state index in [1.54, 1.807) is 18.7 Å². The minimum Gasteiger partial charge on any atom is -0.477 e. The Bertz CT molecular complexity index is 433. The van der Waals surface area contributed by atoms with Crippen LogP contribution in [0.15, 0.2) is 0 Å². The Labute approximate surface area is 101 Å². The molecule has 1 aliphatic rings. The molecular weight excluding hydrogens is 218 g/mol. The van der Waals surface area contributed by atoms with Crippen LogP contribution in [-0.4, -0.2) is 33.9 Å². The molecule has 17 heavy (non-hydrogen) atoms. The maximum Gasteiger partial charge on any atom is 0.341 e. The number of nitrogens with zero attached hydrogens (tertiary/aromatic N) is 3. The lowest BCUT2D eigenvalue weighted by Gasteiger charge is -2.26. The maximum atomic E-state index is 11.3. The van der Waals surface area contributed by atoms with Crippen LogP contribution in [0.1, 0.15) is 41.7 Å². The van der Waals surface area contributed by atoms with Gasteiger partial charge in [0.1, 0.15) is 11.4 Å². The number of hydrogen-bond acceptors (Lipinski definition) is 3. The molecule has 1 fully saturated rings. The number of carboxylic acid groups (broad SMARTS) is 1. The first kappa shape index (κ1) is 12.0. The second-order valence-corrected chi connectivity index (χ2v) is 4.76. The van der Waals surface area contributed by atoms with Crippen LogP contribution < -0.4 is 4.90 Å². The van der Waals surface area contributed by atoms with E-state index in [1.807, 2.05) is 7.05 Å². The van der Waals surface area contributed by atoms with Gasteiger partial charge in [-0.15, -0.1) is 0 Å². The van der Waals surface area contributed by atoms with Crippen molar-refractivity contribution in [1.29, 1.82) is 0 Å². The minimum absolute atomic E-state index is 0.335. The van der Waals surface area contributed by atoms with Gasteiger partial charge in [0.2, 0.25) is 0 Å². The van der Waals surface area contributed by atoms with E-state index in [-0.39, 0.29) is 0 Å². The molecule has 1 saturated carbocycles. The zero-order valence-corrected chi connectivity index (χ0v) is 10.6. The van der Waals surface area contributed by atoms with Crippen molar-refractivity contribution in [2.75, 3.05) is 11.9 Å². The van der Waals surface area contributed by atoms with E-state index in [9.17, 15) is 9.90 Å². The molecule has 1 N–H and O–H groups in total. The molecule has 0 radical (unpaired) electrons. The van der Waals surface area contributed by atoms with Crippen LogP contribution in [-0.2, 0) is 7.05 Å². The summed E-state index contributed by atoms with van der Waals surface area (Å²) in [7, 11) is 3.78. The predicted molar refractivity (Wildman–Crippen MR) is 65.6 cm³/mol. The van der Waals surface area contributed by atoms with Gasteiger partial charge in [0.25, 0.3) is 0 Å². The fourth-order valence-corrected chi connectivity index (χ4v) is 2.77. The molecule has 0 amide bonds. The molecule has 1 aromatic rings. The van der Waals surface area contributed by atoms with E-state index in [0.717, 1.165) is 18.7 Å². The average Bonchev–Trinajstić information content (AvgIpc) is 2.84.